The number of halogens is 2. The highest BCUT2D eigenvalue weighted by Crippen LogP contribution is 2.21. The Morgan fingerprint density at radius 2 is 2.06 bits per heavy atom. The first-order valence-electron chi connectivity index (χ1n) is 5.34. The van der Waals surface area contributed by atoms with Gasteiger partial charge in [-0.2, -0.15) is 0 Å². The van der Waals surface area contributed by atoms with Crippen LogP contribution in [0.15, 0.2) is 22.7 Å². The van der Waals surface area contributed by atoms with Crippen LogP contribution in [0.5, 0.6) is 0 Å². The predicted molar refractivity (Wildman–Crippen MR) is 71.0 cm³/mol. The normalized spacial score (nSPS) is 10.6. The maximum Gasteiger partial charge on any atom is 0.253 e. The summed E-state index contributed by atoms with van der Waals surface area (Å²) in [4.78, 5) is 11.9. The zero-order chi connectivity index (χ0) is 12.1. The summed E-state index contributed by atoms with van der Waals surface area (Å²) in [6.45, 7) is 4.11. The molecule has 0 spiro atoms. The Morgan fingerprint density at radius 1 is 1.44 bits per heavy atom. The molecule has 1 amide bonds. The Kier molecular flexibility index (Phi) is 5.29. The molecular formula is C12H15BrClNO. The summed E-state index contributed by atoms with van der Waals surface area (Å²) in [6.07, 6.45) is 1.85. The van der Waals surface area contributed by atoms with E-state index in [9.17, 15) is 4.79 Å². The minimum atomic E-state index is -0.105. The van der Waals surface area contributed by atoms with E-state index in [-0.39, 0.29) is 11.9 Å². The molecule has 16 heavy (non-hydrogen) atoms. The van der Waals surface area contributed by atoms with E-state index in [0.717, 1.165) is 17.3 Å². The highest BCUT2D eigenvalue weighted by atomic mass is 79.9. The SMILES string of the molecule is CCC(CC)NC(=O)c1ccc(Br)cc1Cl. The Hall–Kier alpha value is -0.540. The first-order valence-corrected chi connectivity index (χ1v) is 6.51. The summed E-state index contributed by atoms with van der Waals surface area (Å²) >= 11 is 9.31. The predicted octanol–water partition coefficient (Wildman–Crippen LogP) is 4.02. The topological polar surface area (TPSA) is 29.1 Å². The molecule has 0 atom stereocenters. The summed E-state index contributed by atoms with van der Waals surface area (Å²) in [5.74, 6) is -0.105. The van der Waals surface area contributed by atoms with Gasteiger partial charge in [-0.25, -0.2) is 0 Å². The van der Waals surface area contributed by atoms with E-state index in [1.165, 1.54) is 0 Å². The van der Waals surface area contributed by atoms with Crippen molar-refractivity contribution in [2.45, 2.75) is 32.7 Å². The van der Waals surface area contributed by atoms with Crippen LogP contribution in [0.1, 0.15) is 37.0 Å². The van der Waals surface area contributed by atoms with Crippen LogP contribution in [0.2, 0.25) is 5.02 Å². The van der Waals surface area contributed by atoms with Gasteiger partial charge >= 0.3 is 0 Å². The van der Waals surface area contributed by atoms with Crippen LogP contribution in [-0.4, -0.2) is 11.9 Å². The minimum Gasteiger partial charge on any atom is -0.349 e. The fraction of sp³-hybridized carbons (Fsp3) is 0.417. The van der Waals surface area contributed by atoms with Crippen LogP contribution in [0, 0.1) is 0 Å². The second kappa shape index (κ2) is 6.26. The van der Waals surface area contributed by atoms with Crippen molar-refractivity contribution in [3.63, 3.8) is 0 Å². The third kappa shape index (κ3) is 3.49. The number of hydrogen-bond donors (Lipinski definition) is 1. The van der Waals surface area contributed by atoms with Crippen LogP contribution in [0.4, 0.5) is 0 Å². The lowest BCUT2D eigenvalue weighted by Crippen LogP contribution is -2.33. The van der Waals surface area contributed by atoms with Gasteiger partial charge in [-0.3, -0.25) is 4.79 Å². The van der Waals surface area contributed by atoms with Gasteiger partial charge in [0.05, 0.1) is 10.6 Å². The monoisotopic (exact) mass is 303 g/mol. The summed E-state index contributed by atoms with van der Waals surface area (Å²) in [6, 6.07) is 5.48. The average Bonchev–Trinajstić information content (AvgIpc) is 2.25. The Balaban J connectivity index is 2.80. The molecule has 4 heteroatoms. The average molecular weight is 305 g/mol. The maximum atomic E-state index is 11.9. The largest absolute Gasteiger partial charge is 0.349 e. The Bertz CT molecular complexity index is 377. The second-order valence-electron chi connectivity index (χ2n) is 3.61. The van der Waals surface area contributed by atoms with Gasteiger partial charge in [0.1, 0.15) is 0 Å². The van der Waals surface area contributed by atoms with Gasteiger partial charge in [-0.05, 0) is 31.0 Å². The first kappa shape index (κ1) is 13.5. The molecular weight excluding hydrogens is 289 g/mol. The Labute approximate surface area is 110 Å². The van der Waals surface area contributed by atoms with E-state index in [4.69, 9.17) is 11.6 Å². The molecule has 0 saturated carbocycles. The number of benzene rings is 1. The smallest absolute Gasteiger partial charge is 0.253 e. The molecule has 0 aromatic heterocycles. The molecule has 2 nitrogen and oxygen atoms in total. The third-order valence-corrected chi connectivity index (χ3v) is 3.30. The van der Waals surface area contributed by atoms with E-state index in [2.05, 4.69) is 35.1 Å². The molecule has 1 rings (SSSR count). The van der Waals surface area contributed by atoms with Crippen LogP contribution < -0.4 is 5.32 Å². The molecule has 1 aromatic carbocycles. The van der Waals surface area contributed by atoms with Crippen LogP contribution in [0.3, 0.4) is 0 Å². The van der Waals surface area contributed by atoms with Crippen molar-refractivity contribution in [2.75, 3.05) is 0 Å². The van der Waals surface area contributed by atoms with Gasteiger partial charge in [0.25, 0.3) is 5.91 Å². The van der Waals surface area contributed by atoms with Crippen molar-refractivity contribution in [3.05, 3.63) is 33.3 Å². The minimum absolute atomic E-state index is 0.105. The van der Waals surface area contributed by atoms with E-state index >= 15 is 0 Å². The van der Waals surface area contributed by atoms with Crippen molar-refractivity contribution in [1.82, 2.24) is 5.32 Å². The highest BCUT2D eigenvalue weighted by molar-refractivity contribution is 9.10. The van der Waals surface area contributed by atoms with E-state index < -0.39 is 0 Å². The summed E-state index contributed by atoms with van der Waals surface area (Å²) in [5.41, 5.74) is 0.525. The van der Waals surface area contributed by atoms with Crippen molar-refractivity contribution >= 4 is 33.4 Å². The molecule has 88 valence electrons. The molecule has 0 aliphatic rings. The maximum absolute atomic E-state index is 11.9. The molecule has 0 aliphatic carbocycles. The first-order chi connectivity index (χ1) is 7.58. The Morgan fingerprint density at radius 3 is 2.56 bits per heavy atom. The van der Waals surface area contributed by atoms with Gasteiger partial charge in [-0.1, -0.05) is 41.4 Å². The quantitative estimate of drug-likeness (QED) is 0.894. The van der Waals surface area contributed by atoms with Gasteiger partial charge in [0.15, 0.2) is 0 Å². The lowest BCUT2D eigenvalue weighted by atomic mass is 10.1. The molecule has 0 aliphatic heterocycles. The van der Waals surface area contributed by atoms with E-state index in [1.54, 1.807) is 12.1 Å². The van der Waals surface area contributed by atoms with Crippen LogP contribution in [0.25, 0.3) is 0 Å². The van der Waals surface area contributed by atoms with Gasteiger partial charge in [0, 0.05) is 10.5 Å². The molecule has 1 aromatic rings. The van der Waals surface area contributed by atoms with Crippen molar-refractivity contribution in [2.24, 2.45) is 0 Å². The van der Waals surface area contributed by atoms with Crippen LogP contribution >= 0.6 is 27.5 Å². The van der Waals surface area contributed by atoms with Crippen molar-refractivity contribution in [3.8, 4) is 0 Å². The van der Waals surface area contributed by atoms with E-state index in [0.29, 0.717) is 10.6 Å². The molecule has 0 radical (unpaired) electrons. The lowest BCUT2D eigenvalue weighted by Gasteiger charge is -2.15. The molecule has 0 fully saturated rings. The zero-order valence-corrected chi connectivity index (χ0v) is 11.7. The standard InChI is InChI=1S/C12H15BrClNO/c1-3-9(4-2)15-12(16)10-6-5-8(13)7-11(10)14/h5-7,9H,3-4H2,1-2H3,(H,15,16). The number of hydrogen-bond acceptors (Lipinski definition) is 1. The van der Waals surface area contributed by atoms with Gasteiger partial charge in [-0.15, -0.1) is 0 Å². The molecule has 0 saturated heterocycles. The third-order valence-electron chi connectivity index (χ3n) is 2.50. The number of nitrogens with one attached hydrogen (secondary N) is 1. The molecule has 0 unspecified atom stereocenters. The van der Waals surface area contributed by atoms with E-state index in [1.807, 2.05) is 6.07 Å². The number of rotatable bonds is 4. The molecule has 0 bridgehead atoms. The fourth-order valence-electron chi connectivity index (χ4n) is 1.43. The summed E-state index contributed by atoms with van der Waals surface area (Å²) in [5, 5.41) is 3.42. The molecule has 0 heterocycles. The number of carbonyl (C=O) groups is 1. The second-order valence-corrected chi connectivity index (χ2v) is 4.93. The van der Waals surface area contributed by atoms with Gasteiger partial charge in [0.2, 0.25) is 0 Å². The van der Waals surface area contributed by atoms with Crippen molar-refractivity contribution in [1.29, 1.82) is 0 Å². The summed E-state index contributed by atoms with van der Waals surface area (Å²) in [7, 11) is 0. The number of amides is 1. The number of carbonyl (C=O) groups excluding carboxylic acids is 1. The highest BCUT2D eigenvalue weighted by Gasteiger charge is 2.13. The van der Waals surface area contributed by atoms with Crippen molar-refractivity contribution < 1.29 is 4.79 Å². The van der Waals surface area contributed by atoms with Gasteiger partial charge < -0.3 is 5.32 Å². The summed E-state index contributed by atoms with van der Waals surface area (Å²) < 4.78 is 0.872. The van der Waals surface area contributed by atoms with Crippen LogP contribution in [-0.2, 0) is 0 Å². The molecule has 1 N–H and O–H groups in total. The zero-order valence-electron chi connectivity index (χ0n) is 9.39. The fourth-order valence-corrected chi connectivity index (χ4v) is 2.19. The lowest BCUT2D eigenvalue weighted by molar-refractivity contribution is 0.0935.